The third-order valence-electron chi connectivity index (χ3n) is 3.30. The molecule has 0 aromatic rings. The number of nitrogens with zero attached hydrogens (tertiary/aromatic N) is 1. The lowest BCUT2D eigenvalue weighted by Crippen LogP contribution is -2.63. The van der Waals surface area contributed by atoms with Crippen molar-refractivity contribution in [1.82, 2.24) is 0 Å². The SMILES string of the molecule is C=CC[N+](C=C)(CC=C)CC=C.O=S(=O)([O-])C(F)(F)C(F)(F)C(F)(F)C(F)(F)F. The van der Waals surface area contributed by atoms with Gasteiger partial charge in [0.15, 0.2) is 10.1 Å². The maximum absolute atomic E-state index is 12.2. The second-order valence-corrected chi connectivity index (χ2v) is 6.85. The van der Waals surface area contributed by atoms with E-state index in [1.54, 1.807) is 0 Å². The lowest BCUT2D eigenvalue weighted by atomic mass is 10.1. The summed E-state index contributed by atoms with van der Waals surface area (Å²) in [6, 6.07) is 0. The number of hydrogen-bond acceptors (Lipinski definition) is 3. The largest absolute Gasteiger partial charge is 0.743 e. The number of alkyl halides is 9. The van der Waals surface area contributed by atoms with E-state index in [9.17, 15) is 52.5 Å². The molecule has 0 amide bonds. The summed E-state index contributed by atoms with van der Waals surface area (Å²) in [7, 11) is -7.42. The zero-order chi connectivity index (χ0) is 23.9. The molecule has 0 unspecified atom stereocenters. The van der Waals surface area contributed by atoms with E-state index in [2.05, 4.69) is 26.3 Å². The Morgan fingerprint density at radius 2 is 1.03 bits per heavy atom. The Morgan fingerprint density at radius 3 is 1.21 bits per heavy atom. The second-order valence-electron chi connectivity index (χ2n) is 5.43. The first-order chi connectivity index (χ1) is 12.7. The minimum Gasteiger partial charge on any atom is -0.743 e. The van der Waals surface area contributed by atoms with Gasteiger partial charge in [0.1, 0.15) is 19.6 Å². The molecule has 0 bridgehead atoms. The van der Waals surface area contributed by atoms with Crippen LogP contribution in [0.2, 0.25) is 0 Å². The number of halogens is 9. The van der Waals surface area contributed by atoms with Crippen LogP contribution in [0.1, 0.15) is 0 Å². The molecule has 0 aliphatic carbocycles. The summed E-state index contributed by atoms with van der Waals surface area (Å²) < 4.78 is 136. The molecule has 0 N–H and O–H groups in total. The maximum atomic E-state index is 12.2. The topological polar surface area (TPSA) is 57.2 Å². The van der Waals surface area contributed by atoms with Crippen molar-refractivity contribution < 1.29 is 57.0 Å². The first kappa shape index (κ1) is 29.4. The Morgan fingerprint density at radius 1 is 0.724 bits per heavy atom. The summed E-state index contributed by atoms with van der Waals surface area (Å²) in [6.45, 7) is 17.6. The van der Waals surface area contributed by atoms with Gasteiger partial charge in [-0.3, -0.25) is 4.48 Å². The van der Waals surface area contributed by atoms with Crippen molar-refractivity contribution in [3.05, 3.63) is 50.7 Å². The zero-order valence-corrected chi connectivity index (χ0v) is 15.6. The lowest BCUT2D eigenvalue weighted by molar-refractivity contribution is -0.861. The minimum absolute atomic E-state index is 0.760. The molecule has 0 aromatic heterocycles. The third-order valence-corrected chi connectivity index (χ3v) is 4.18. The molecule has 0 radical (unpaired) electrons. The molecule has 4 nitrogen and oxygen atoms in total. The van der Waals surface area contributed by atoms with Crippen LogP contribution in [-0.2, 0) is 10.1 Å². The first-order valence-electron chi connectivity index (χ1n) is 7.22. The van der Waals surface area contributed by atoms with Crippen molar-refractivity contribution in [3.8, 4) is 0 Å². The fourth-order valence-electron chi connectivity index (χ4n) is 1.74. The van der Waals surface area contributed by atoms with E-state index < -0.39 is 33.4 Å². The molecule has 29 heavy (non-hydrogen) atoms. The number of hydrogen-bond donors (Lipinski definition) is 0. The third kappa shape index (κ3) is 6.34. The van der Waals surface area contributed by atoms with E-state index in [-0.39, 0.29) is 0 Å². The van der Waals surface area contributed by atoms with Gasteiger partial charge in [0, 0.05) is 0 Å². The lowest BCUT2D eigenvalue weighted by Gasteiger charge is -2.34. The molecule has 0 atom stereocenters. The molecular formula is C15H18F9NO3S. The highest BCUT2D eigenvalue weighted by atomic mass is 32.2. The molecule has 14 heteroatoms. The van der Waals surface area contributed by atoms with E-state index in [4.69, 9.17) is 0 Å². The van der Waals surface area contributed by atoms with Gasteiger partial charge in [0.25, 0.3) is 0 Å². The molecule has 0 saturated heterocycles. The van der Waals surface area contributed by atoms with E-state index in [1.807, 2.05) is 24.4 Å². The van der Waals surface area contributed by atoms with E-state index >= 15 is 0 Å². The van der Waals surface area contributed by atoms with Crippen LogP contribution >= 0.6 is 0 Å². The monoisotopic (exact) mass is 463 g/mol. The van der Waals surface area contributed by atoms with Crippen LogP contribution in [0.4, 0.5) is 39.5 Å². The molecular weight excluding hydrogens is 445 g/mol. The van der Waals surface area contributed by atoms with E-state index in [0.29, 0.717) is 0 Å². The predicted octanol–water partition coefficient (Wildman–Crippen LogP) is 4.46. The molecule has 0 saturated carbocycles. The van der Waals surface area contributed by atoms with Gasteiger partial charge in [-0.15, -0.1) is 0 Å². The van der Waals surface area contributed by atoms with E-state index in [1.165, 1.54) is 0 Å². The molecule has 0 aliphatic heterocycles. The van der Waals surface area contributed by atoms with Gasteiger partial charge in [0.05, 0.1) is 6.20 Å². The van der Waals surface area contributed by atoms with Gasteiger partial charge in [-0.1, -0.05) is 19.7 Å². The Balaban J connectivity index is 0. The Hall–Kier alpha value is -1.80. The zero-order valence-electron chi connectivity index (χ0n) is 14.7. The van der Waals surface area contributed by atoms with Gasteiger partial charge in [-0.25, -0.2) is 8.42 Å². The van der Waals surface area contributed by atoms with Gasteiger partial charge >= 0.3 is 23.3 Å². The van der Waals surface area contributed by atoms with Crippen LogP contribution in [0.3, 0.4) is 0 Å². The van der Waals surface area contributed by atoms with Gasteiger partial charge in [-0.2, -0.15) is 39.5 Å². The highest BCUT2D eigenvalue weighted by Gasteiger charge is 2.83. The van der Waals surface area contributed by atoms with Gasteiger partial charge < -0.3 is 4.55 Å². The molecule has 0 aromatic carbocycles. The van der Waals surface area contributed by atoms with Crippen molar-refractivity contribution in [1.29, 1.82) is 0 Å². The van der Waals surface area contributed by atoms with Crippen molar-refractivity contribution in [2.45, 2.75) is 23.3 Å². The number of rotatable bonds is 10. The molecule has 0 rings (SSSR count). The standard InChI is InChI=1S/C11H18N.C4HF9O3S/c1-5-9-12(8-4,10-6-2)11-7-3;5-1(6,3(9,10)11)2(7,8)4(12,13)17(14,15)16/h5-8H,1-4,9-11H2;(H,14,15,16)/q+1;/p-1. The van der Waals surface area contributed by atoms with Crippen LogP contribution in [0.25, 0.3) is 0 Å². The Kier molecular flexibility index (Phi) is 9.94. The summed E-state index contributed by atoms with van der Waals surface area (Å²) in [6.07, 6.45) is 0.452. The fraction of sp³-hybridized carbons (Fsp3) is 0.467. The van der Waals surface area contributed by atoms with Crippen LogP contribution in [0.15, 0.2) is 50.7 Å². The summed E-state index contributed by atoms with van der Waals surface area (Å²) in [5, 5.41) is -7.11. The van der Waals surface area contributed by atoms with Crippen LogP contribution in [0, 0.1) is 0 Å². The molecule has 0 fully saturated rings. The smallest absolute Gasteiger partial charge is 0.460 e. The van der Waals surface area contributed by atoms with Crippen molar-refractivity contribution in [2.24, 2.45) is 0 Å². The normalized spacial score (nSPS) is 13.7. The molecule has 0 spiro atoms. The summed E-state index contributed by atoms with van der Waals surface area (Å²) in [5.74, 6) is -14.8. The summed E-state index contributed by atoms with van der Waals surface area (Å²) >= 11 is 0. The van der Waals surface area contributed by atoms with Gasteiger partial charge in [-0.05, 0) is 24.8 Å². The Bertz CT molecular complexity index is 674. The van der Waals surface area contributed by atoms with Crippen LogP contribution in [0.5, 0.6) is 0 Å². The fourth-order valence-corrected chi connectivity index (χ4v) is 2.18. The quantitative estimate of drug-likeness (QED) is 0.208. The first-order valence-corrected chi connectivity index (χ1v) is 8.63. The van der Waals surface area contributed by atoms with Gasteiger partial charge in [0.2, 0.25) is 0 Å². The number of quaternary nitrogens is 1. The van der Waals surface area contributed by atoms with E-state index in [0.717, 1.165) is 24.1 Å². The van der Waals surface area contributed by atoms with Crippen molar-refractivity contribution >= 4 is 10.1 Å². The van der Waals surface area contributed by atoms with Crippen molar-refractivity contribution in [3.63, 3.8) is 0 Å². The van der Waals surface area contributed by atoms with Crippen LogP contribution in [-0.4, -0.2) is 60.4 Å². The summed E-state index contributed by atoms with van der Waals surface area (Å²) in [5.41, 5.74) is 0. The molecule has 0 heterocycles. The average Bonchev–Trinajstić information content (AvgIpc) is 2.53. The Labute approximate surface area is 161 Å². The van der Waals surface area contributed by atoms with Crippen molar-refractivity contribution in [2.75, 3.05) is 19.6 Å². The second kappa shape index (κ2) is 9.80. The average molecular weight is 463 g/mol. The molecule has 170 valence electrons. The predicted molar refractivity (Wildman–Crippen MR) is 86.2 cm³/mol. The highest BCUT2D eigenvalue weighted by Crippen LogP contribution is 2.54. The maximum Gasteiger partial charge on any atom is 0.460 e. The van der Waals surface area contributed by atoms with Crippen LogP contribution < -0.4 is 0 Å². The summed E-state index contributed by atoms with van der Waals surface area (Å²) in [4.78, 5) is 0. The highest BCUT2D eigenvalue weighted by molar-refractivity contribution is 7.86. The minimum atomic E-state index is -7.43. The molecule has 0 aliphatic rings.